The SMILES string of the molecule is CC(=O)OC1CCC2(C)C3=CCC4(C)C(C(C)CCCC(C)C)CCC4(C)C3=CCC2C1(C)C. The van der Waals surface area contributed by atoms with E-state index in [1.165, 1.54) is 38.5 Å². The van der Waals surface area contributed by atoms with E-state index in [9.17, 15) is 4.79 Å². The van der Waals surface area contributed by atoms with Gasteiger partial charge in [-0.1, -0.05) is 86.8 Å². The number of hydrogen-bond donors (Lipinski definition) is 0. The zero-order valence-corrected chi connectivity index (χ0v) is 23.7. The Kier molecular flexibility index (Phi) is 6.74. The molecule has 2 saturated carbocycles. The van der Waals surface area contributed by atoms with Gasteiger partial charge in [0.1, 0.15) is 6.10 Å². The summed E-state index contributed by atoms with van der Waals surface area (Å²) in [6.45, 7) is 21.3. The first kappa shape index (κ1) is 26.0. The fourth-order valence-electron chi connectivity index (χ4n) is 9.39. The number of carbonyl (C=O) groups excluding carboxylic acids is 1. The Morgan fingerprint density at radius 1 is 1.00 bits per heavy atom. The molecule has 0 N–H and O–H groups in total. The summed E-state index contributed by atoms with van der Waals surface area (Å²) in [5.74, 6) is 2.84. The second kappa shape index (κ2) is 8.81. The molecule has 7 atom stereocenters. The third-order valence-electron chi connectivity index (χ3n) is 11.7. The van der Waals surface area contributed by atoms with Gasteiger partial charge < -0.3 is 4.74 Å². The molecule has 0 amide bonds. The molecule has 4 rings (SSSR count). The highest BCUT2D eigenvalue weighted by Crippen LogP contribution is 2.71. The van der Waals surface area contributed by atoms with Crippen LogP contribution >= 0.6 is 0 Å². The molecule has 192 valence electrons. The van der Waals surface area contributed by atoms with E-state index >= 15 is 0 Å². The standard InChI is InChI=1S/C32H52O2/c1-21(2)11-10-12-22(3)24-15-19-32(9)26-13-14-27-29(5,6)28(34-23(4)33)17-18-30(27,7)25(26)16-20-31(24,32)8/h13,16,21-22,24,27-28H,10-12,14-15,17-20H2,1-9H3. The molecule has 0 aromatic rings. The van der Waals surface area contributed by atoms with E-state index in [4.69, 9.17) is 4.74 Å². The first-order chi connectivity index (χ1) is 15.8. The quantitative estimate of drug-likeness (QED) is 0.364. The summed E-state index contributed by atoms with van der Waals surface area (Å²) in [4.78, 5) is 11.8. The van der Waals surface area contributed by atoms with Gasteiger partial charge in [-0.05, 0) is 89.6 Å². The van der Waals surface area contributed by atoms with E-state index in [1.54, 1.807) is 18.1 Å². The van der Waals surface area contributed by atoms with Gasteiger partial charge in [-0.15, -0.1) is 0 Å². The molecular weight excluding hydrogens is 416 g/mol. The predicted octanol–water partition coefficient (Wildman–Crippen LogP) is 8.91. The summed E-state index contributed by atoms with van der Waals surface area (Å²) in [6.07, 6.45) is 16.7. The molecule has 0 spiro atoms. The number of ether oxygens (including phenoxy) is 1. The molecule has 0 radical (unpaired) electrons. The van der Waals surface area contributed by atoms with Crippen LogP contribution in [0.4, 0.5) is 0 Å². The summed E-state index contributed by atoms with van der Waals surface area (Å²) in [7, 11) is 0. The van der Waals surface area contributed by atoms with Gasteiger partial charge in [0.2, 0.25) is 0 Å². The number of allylic oxidation sites excluding steroid dienone is 4. The van der Waals surface area contributed by atoms with Gasteiger partial charge >= 0.3 is 5.97 Å². The van der Waals surface area contributed by atoms with Crippen molar-refractivity contribution in [1.29, 1.82) is 0 Å². The summed E-state index contributed by atoms with van der Waals surface area (Å²) in [6, 6.07) is 0. The monoisotopic (exact) mass is 468 g/mol. The molecule has 0 saturated heterocycles. The first-order valence-electron chi connectivity index (χ1n) is 14.4. The average Bonchev–Trinajstić information content (AvgIpc) is 3.01. The Hall–Kier alpha value is -1.05. The molecule has 0 aromatic carbocycles. The lowest BCUT2D eigenvalue weighted by Crippen LogP contribution is -2.55. The zero-order chi connectivity index (χ0) is 25.1. The Labute approximate surface area is 210 Å². The third kappa shape index (κ3) is 3.85. The maximum atomic E-state index is 11.8. The Bertz CT molecular complexity index is 862. The van der Waals surface area contributed by atoms with Crippen LogP contribution in [0.1, 0.15) is 120 Å². The minimum absolute atomic E-state index is 0.00760. The number of carbonyl (C=O) groups is 1. The fraction of sp³-hybridized carbons (Fsp3) is 0.844. The zero-order valence-electron chi connectivity index (χ0n) is 23.7. The van der Waals surface area contributed by atoms with Crippen LogP contribution in [0.25, 0.3) is 0 Å². The summed E-state index contributed by atoms with van der Waals surface area (Å²) >= 11 is 0. The molecule has 2 nitrogen and oxygen atoms in total. The summed E-state index contributed by atoms with van der Waals surface area (Å²) < 4.78 is 5.85. The maximum absolute atomic E-state index is 11.8. The van der Waals surface area contributed by atoms with Crippen molar-refractivity contribution in [3.05, 3.63) is 23.3 Å². The lowest BCUT2D eigenvalue weighted by molar-refractivity contribution is -0.165. The van der Waals surface area contributed by atoms with Crippen molar-refractivity contribution in [2.75, 3.05) is 0 Å². The minimum Gasteiger partial charge on any atom is -0.462 e. The van der Waals surface area contributed by atoms with Gasteiger partial charge in [-0.3, -0.25) is 4.79 Å². The topological polar surface area (TPSA) is 26.3 Å². The molecule has 4 aliphatic carbocycles. The van der Waals surface area contributed by atoms with Crippen LogP contribution in [0.3, 0.4) is 0 Å². The maximum Gasteiger partial charge on any atom is 0.302 e. The van der Waals surface area contributed by atoms with Crippen LogP contribution in [0.5, 0.6) is 0 Å². The van der Waals surface area contributed by atoms with Crippen LogP contribution in [0, 0.1) is 45.3 Å². The molecule has 0 bridgehead atoms. The molecule has 2 heteroatoms. The van der Waals surface area contributed by atoms with Crippen molar-refractivity contribution in [3.8, 4) is 0 Å². The first-order valence-corrected chi connectivity index (χ1v) is 14.4. The highest BCUT2D eigenvalue weighted by atomic mass is 16.5. The smallest absolute Gasteiger partial charge is 0.302 e. The van der Waals surface area contributed by atoms with Crippen molar-refractivity contribution in [2.24, 2.45) is 45.3 Å². The Morgan fingerprint density at radius 2 is 1.71 bits per heavy atom. The largest absolute Gasteiger partial charge is 0.462 e. The van der Waals surface area contributed by atoms with Gasteiger partial charge in [0.15, 0.2) is 0 Å². The highest BCUT2D eigenvalue weighted by Gasteiger charge is 2.63. The van der Waals surface area contributed by atoms with Crippen molar-refractivity contribution >= 4 is 5.97 Å². The Balaban J connectivity index is 1.62. The molecule has 2 fully saturated rings. The normalized spacial score (nSPS) is 41.6. The van der Waals surface area contributed by atoms with Crippen LogP contribution in [-0.4, -0.2) is 12.1 Å². The van der Waals surface area contributed by atoms with Crippen LogP contribution in [-0.2, 0) is 9.53 Å². The van der Waals surface area contributed by atoms with E-state index in [0.29, 0.717) is 16.7 Å². The molecule has 34 heavy (non-hydrogen) atoms. The molecule has 0 aliphatic heterocycles. The van der Waals surface area contributed by atoms with Gasteiger partial charge in [0, 0.05) is 12.3 Å². The Morgan fingerprint density at radius 3 is 2.35 bits per heavy atom. The van der Waals surface area contributed by atoms with E-state index in [0.717, 1.165) is 37.0 Å². The number of fused-ring (bicyclic) bond motifs is 5. The highest BCUT2D eigenvalue weighted by molar-refractivity contribution is 5.66. The van der Waals surface area contributed by atoms with Gasteiger partial charge in [-0.2, -0.15) is 0 Å². The van der Waals surface area contributed by atoms with Crippen molar-refractivity contribution in [3.63, 3.8) is 0 Å². The molecule has 7 unspecified atom stereocenters. The van der Waals surface area contributed by atoms with E-state index in [-0.39, 0.29) is 22.9 Å². The lowest BCUT2D eigenvalue weighted by atomic mass is 9.44. The average molecular weight is 469 g/mol. The van der Waals surface area contributed by atoms with E-state index in [2.05, 4.69) is 67.5 Å². The van der Waals surface area contributed by atoms with Crippen molar-refractivity contribution < 1.29 is 9.53 Å². The number of esters is 1. The van der Waals surface area contributed by atoms with Crippen LogP contribution in [0.15, 0.2) is 23.3 Å². The third-order valence-corrected chi connectivity index (χ3v) is 11.7. The van der Waals surface area contributed by atoms with Crippen LogP contribution < -0.4 is 0 Å². The predicted molar refractivity (Wildman–Crippen MR) is 142 cm³/mol. The summed E-state index contributed by atoms with van der Waals surface area (Å²) in [5, 5.41) is 0. The number of hydrogen-bond acceptors (Lipinski definition) is 2. The van der Waals surface area contributed by atoms with Crippen molar-refractivity contribution in [2.45, 2.75) is 126 Å². The van der Waals surface area contributed by atoms with Gasteiger partial charge in [-0.25, -0.2) is 0 Å². The van der Waals surface area contributed by atoms with E-state index in [1.807, 2.05) is 0 Å². The summed E-state index contributed by atoms with van der Waals surface area (Å²) in [5.41, 5.74) is 4.19. The molecule has 4 aliphatic rings. The van der Waals surface area contributed by atoms with Crippen LogP contribution in [0.2, 0.25) is 0 Å². The molecule has 0 heterocycles. The minimum atomic E-state index is -0.131. The lowest BCUT2D eigenvalue weighted by Gasteiger charge is -2.61. The molecule has 0 aromatic heterocycles. The van der Waals surface area contributed by atoms with Crippen molar-refractivity contribution in [1.82, 2.24) is 0 Å². The fourth-order valence-corrected chi connectivity index (χ4v) is 9.39. The second-order valence-corrected chi connectivity index (χ2v) is 14.3. The van der Waals surface area contributed by atoms with Gasteiger partial charge in [0.05, 0.1) is 0 Å². The van der Waals surface area contributed by atoms with E-state index < -0.39 is 0 Å². The molecular formula is C32H52O2. The second-order valence-electron chi connectivity index (χ2n) is 14.3. The van der Waals surface area contributed by atoms with Gasteiger partial charge in [0.25, 0.3) is 0 Å². The number of rotatable bonds is 6.